The van der Waals surface area contributed by atoms with Gasteiger partial charge in [0.15, 0.2) is 16.7 Å². The molecule has 0 unspecified atom stereocenters. The van der Waals surface area contributed by atoms with Gasteiger partial charge in [-0.3, -0.25) is 14.4 Å². The van der Waals surface area contributed by atoms with Crippen LogP contribution in [0.25, 0.3) is 11.0 Å². The van der Waals surface area contributed by atoms with Crippen LogP contribution in [0.2, 0.25) is 0 Å². The Labute approximate surface area is 193 Å². The van der Waals surface area contributed by atoms with Crippen molar-refractivity contribution in [2.75, 3.05) is 17.7 Å². The SMILES string of the molecule is CCOc1ccc2nc(SCC(=O)Nc3cccc4c3C(=O)c3ccccc3C4=O)[nH]c2c1. The van der Waals surface area contributed by atoms with E-state index in [1.165, 1.54) is 11.8 Å². The van der Waals surface area contributed by atoms with Crippen LogP contribution in [0.5, 0.6) is 5.75 Å². The maximum atomic E-state index is 13.1. The number of nitrogens with zero attached hydrogens (tertiary/aromatic N) is 1. The van der Waals surface area contributed by atoms with Crippen molar-refractivity contribution < 1.29 is 19.1 Å². The second kappa shape index (κ2) is 8.55. The fraction of sp³-hybridized carbons (Fsp3) is 0.120. The number of amides is 1. The number of H-pyrrole nitrogens is 1. The summed E-state index contributed by atoms with van der Waals surface area (Å²) in [5, 5.41) is 3.39. The van der Waals surface area contributed by atoms with Gasteiger partial charge in [0.05, 0.1) is 34.6 Å². The number of nitrogens with one attached hydrogen (secondary N) is 2. The lowest BCUT2D eigenvalue weighted by Gasteiger charge is -2.20. The lowest BCUT2D eigenvalue weighted by Crippen LogP contribution is -2.24. The molecule has 2 N–H and O–H groups in total. The standard InChI is InChI=1S/C25H19N3O4S/c1-2-32-14-10-11-18-20(12-14)28-25(27-18)33-13-21(29)26-19-9-5-8-17-22(19)24(31)16-7-4-3-6-15(16)23(17)30/h3-12H,2,13H2,1H3,(H,26,29)(H,27,28). The van der Waals surface area contributed by atoms with E-state index >= 15 is 0 Å². The fourth-order valence-corrected chi connectivity index (χ4v) is 4.54. The molecule has 0 bridgehead atoms. The first-order chi connectivity index (χ1) is 16.0. The van der Waals surface area contributed by atoms with E-state index in [4.69, 9.17) is 4.74 Å². The number of hydrogen-bond acceptors (Lipinski definition) is 6. The Bertz CT molecular complexity index is 1430. The molecule has 8 heteroatoms. The maximum absolute atomic E-state index is 13.1. The number of rotatable bonds is 6. The first-order valence-electron chi connectivity index (χ1n) is 10.4. The van der Waals surface area contributed by atoms with Gasteiger partial charge < -0.3 is 15.0 Å². The molecular weight excluding hydrogens is 438 g/mol. The molecule has 3 aromatic carbocycles. The lowest BCUT2D eigenvalue weighted by molar-refractivity contribution is -0.113. The normalized spacial score (nSPS) is 12.4. The first-order valence-corrected chi connectivity index (χ1v) is 11.4. The van der Waals surface area contributed by atoms with Crippen LogP contribution >= 0.6 is 11.8 Å². The Morgan fingerprint density at radius 3 is 2.55 bits per heavy atom. The molecule has 7 nitrogen and oxygen atoms in total. The molecule has 1 heterocycles. The lowest BCUT2D eigenvalue weighted by atomic mass is 9.83. The summed E-state index contributed by atoms with van der Waals surface area (Å²) >= 11 is 1.25. The Hall–Kier alpha value is -3.91. The molecule has 1 aliphatic carbocycles. The van der Waals surface area contributed by atoms with Crippen molar-refractivity contribution in [3.63, 3.8) is 0 Å². The van der Waals surface area contributed by atoms with Crippen LogP contribution in [0, 0.1) is 0 Å². The minimum atomic E-state index is -0.303. The molecule has 0 radical (unpaired) electrons. The molecule has 0 aliphatic heterocycles. The summed E-state index contributed by atoms with van der Waals surface area (Å²) in [7, 11) is 0. The average Bonchev–Trinajstić information content (AvgIpc) is 3.24. The van der Waals surface area contributed by atoms with E-state index in [9.17, 15) is 14.4 Å². The minimum absolute atomic E-state index is 0.0839. The zero-order valence-electron chi connectivity index (χ0n) is 17.7. The number of ether oxygens (including phenoxy) is 1. The van der Waals surface area contributed by atoms with Gasteiger partial charge in [0.1, 0.15) is 5.75 Å². The smallest absolute Gasteiger partial charge is 0.234 e. The molecule has 1 aliphatic rings. The number of carbonyl (C=O) groups excluding carboxylic acids is 3. The van der Waals surface area contributed by atoms with Crippen molar-refractivity contribution in [1.82, 2.24) is 9.97 Å². The van der Waals surface area contributed by atoms with Crippen LogP contribution in [-0.2, 0) is 4.79 Å². The summed E-state index contributed by atoms with van der Waals surface area (Å²) in [6.45, 7) is 2.49. The molecule has 0 saturated heterocycles. The van der Waals surface area contributed by atoms with E-state index in [2.05, 4.69) is 15.3 Å². The van der Waals surface area contributed by atoms with E-state index in [-0.39, 0.29) is 28.8 Å². The van der Waals surface area contributed by atoms with Crippen LogP contribution in [0.4, 0.5) is 5.69 Å². The number of anilines is 1. The Balaban J connectivity index is 1.33. The molecule has 4 aromatic rings. The highest BCUT2D eigenvalue weighted by Gasteiger charge is 2.31. The summed E-state index contributed by atoms with van der Waals surface area (Å²) in [6, 6.07) is 17.2. The summed E-state index contributed by atoms with van der Waals surface area (Å²) < 4.78 is 5.50. The van der Waals surface area contributed by atoms with E-state index in [1.54, 1.807) is 42.5 Å². The van der Waals surface area contributed by atoms with Gasteiger partial charge in [0.25, 0.3) is 0 Å². The molecule has 164 valence electrons. The second-order valence-corrected chi connectivity index (χ2v) is 8.39. The first kappa shape index (κ1) is 21.0. The van der Waals surface area contributed by atoms with Crippen LogP contribution in [-0.4, -0.2) is 39.8 Å². The Morgan fingerprint density at radius 1 is 1.00 bits per heavy atom. The number of hydrogen-bond donors (Lipinski definition) is 2. The summed E-state index contributed by atoms with van der Waals surface area (Å²) in [4.78, 5) is 46.3. The third-order valence-electron chi connectivity index (χ3n) is 5.31. The van der Waals surface area contributed by atoms with Crippen molar-refractivity contribution in [3.05, 3.63) is 82.9 Å². The number of imidazole rings is 1. The van der Waals surface area contributed by atoms with Gasteiger partial charge in [-0.2, -0.15) is 0 Å². The zero-order chi connectivity index (χ0) is 22.9. The average molecular weight is 458 g/mol. The fourth-order valence-electron chi connectivity index (χ4n) is 3.86. The Morgan fingerprint density at radius 2 is 1.76 bits per heavy atom. The van der Waals surface area contributed by atoms with Crippen LogP contribution in [0.3, 0.4) is 0 Å². The molecule has 33 heavy (non-hydrogen) atoms. The Kier molecular flexibility index (Phi) is 5.43. The topological polar surface area (TPSA) is 101 Å². The van der Waals surface area contributed by atoms with Crippen LogP contribution in [0.1, 0.15) is 38.8 Å². The third kappa shape index (κ3) is 3.89. The molecule has 0 atom stereocenters. The second-order valence-electron chi connectivity index (χ2n) is 7.42. The zero-order valence-corrected chi connectivity index (χ0v) is 18.5. The van der Waals surface area contributed by atoms with Gasteiger partial charge in [-0.25, -0.2) is 4.98 Å². The van der Waals surface area contributed by atoms with E-state index in [1.807, 2.05) is 25.1 Å². The molecule has 0 saturated carbocycles. The van der Waals surface area contributed by atoms with Crippen molar-refractivity contribution in [1.29, 1.82) is 0 Å². The van der Waals surface area contributed by atoms with Crippen molar-refractivity contribution >= 4 is 46.0 Å². The molecule has 1 amide bonds. The molecule has 0 spiro atoms. The van der Waals surface area contributed by atoms with Gasteiger partial charge in [-0.1, -0.05) is 48.2 Å². The highest BCUT2D eigenvalue weighted by Crippen LogP contribution is 2.32. The van der Waals surface area contributed by atoms with Crippen molar-refractivity contribution in [2.24, 2.45) is 0 Å². The number of carbonyl (C=O) groups is 3. The summed E-state index contributed by atoms with van der Waals surface area (Å²) in [5.74, 6) is 0.0339. The van der Waals surface area contributed by atoms with Crippen molar-refractivity contribution in [2.45, 2.75) is 12.1 Å². The summed E-state index contributed by atoms with van der Waals surface area (Å²) in [5.41, 5.74) is 3.19. The molecule has 5 rings (SSSR count). The quantitative estimate of drug-likeness (QED) is 0.365. The van der Waals surface area contributed by atoms with Gasteiger partial charge in [0, 0.05) is 22.8 Å². The van der Waals surface area contributed by atoms with Crippen LogP contribution in [0.15, 0.2) is 65.8 Å². The largest absolute Gasteiger partial charge is 0.494 e. The van der Waals surface area contributed by atoms with Gasteiger partial charge in [-0.15, -0.1) is 0 Å². The number of thioether (sulfide) groups is 1. The van der Waals surface area contributed by atoms with E-state index in [0.29, 0.717) is 34.1 Å². The predicted octanol–water partition coefficient (Wildman–Crippen LogP) is 4.47. The monoisotopic (exact) mass is 457 g/mol. The number of aromatic amines is 1. The van der Waals surface area contributed by atoms with E-state index in [0.717, 1.165) is 16.8 Å². The van der Waals surface area contributed by atoms with Crippen LogP contribution < -0.4 is 10.1 Å². The number of benzene rings is 3. The molecule has 0 fully saturated rings. The highest BCUT2D eigenvalue weighted by molar-refractivity contribution is 7.99. The van der Waals surface area contributed by atoms with Gasteiger partial charge >= 0.3 is 0 Å². The molecule has 1 aromatic heterocycles. The van der Waals surface area contributed by atoms with Crippen molar-refractivity contribution in [3.8, 4) is 5.75 Å². The highest BCUT2D eigenvalue weighted by atomic mass is 32.2. The molecular formula is C25H19N3O4S. The third-order valence-corrected chi connectivity index (χ3v) is 6.18. The van der Waals surface area contributed by atoms with E-state index < -0.39 is 0 Å². The predicted molar refractivity (Wildman–Crippen MR) is 126 cm³/mol. The van der Waals surface area contributed by atoms with Gasteiger partial charge in [0.2, 0.25) is 5.91 Å². The number of fused-ring (bicyclic) bond motifs is 3. The minimum Gasteiger partial charge on any atom is -0.494 e. The van der Waals surface area contributed by atoms with Gasteiger partial charge in [-0.05, 0) is 25.1 Å². The number of aromatic nitrogens is 2. The number of ketones is 2. The summed E-state index contributed by atoms with van der Waals surface area (Å²) in [6.07, 6.45) is 0. The maximum Gasteiger partial charge on any atom is 0.234 e.